The van der Waals surface area contributed by atoms with E-state index in [2.05, 4.69) is 62.5 Å². The fourth-order valence-electron chi connectivity index (χ4n) is 10.4. The molecule has 1 saturated carbocycles. The lowest BCUT2D eigenvalue weighted by Gasteiger charge is -2.41. The molecular formula is C50H60ClF5N10. The minimum atomic E-state index is -2.93. The van der Waals surface area contributed by atoms with Crippen LogP contribution >= 0.6 is 11.6 Å². The van der Waals surface area contributed by atoms with Crippen LogP contribution in [0.2, 0.25) is 5.02 Å². The Balaban J connectivity index is 0.00000175. The molecule has 2 aromatic carbocycles. The molecule has 3 saturated heterocycles. The Morgan fingerprint density at radius 2 is 1.68 bits per heavy atom. The van der Waals surface area contributed by atoms with Crippen LogP contribution in [0.4, 0.5) is 45.1 Å². The Hall–Kier alpha value is -5.15. The summed E-state index contributed by atoms with van der Waals surface area (Å²) in [5.74, 6) is -3.57. The Bertz CT molecular complexity index is 2610. The third-order valence-corrected chi connectivity index (χ3v) is 14.9. The van der Waals surface area contributed by atoms with Gasteiger partial charge in [-0.3, -0.25) is 4.68 Å². The van der Waals surface area contributed by atoms with Gasteiger partial charge in [-0.25, -0.2) is 26.9 Å². The number of rotatable bonds is 7. The smallest absolute Gasteiger partial charge is 0.267 e. The van der Waals surface area contributed by atoms with Gasteiger partial charge in [-0.15, -0.1) is 0 Å². The van der Waals surface area contributed by atoms with Crippen molar-refractivity contribution in [2.45, 2.75) is 102 Å². The van der Waals surface area contributed by atoms with Gasteiger partial charge in [0.1, 0.15) is 22.2 Å². The molecule has 4 fully saturated rings. The average molecular weight is 932 g/mol. The molecule has 6 aliphatic rings. The number of allylic oxidation sites excluding steroid dienone is 3. The van der Waals surface area contributed by atoms with Gasteiger partial charge in [-0.1, -0.05) is 57.5 Å². The molecule has 16 heteroatoms. The number of aromatic nitrogens is 4. The molecule has 352 valence electrons. The largest absolute Gasteiger partial charge is 0.376 e. The van der Waals surface area contributed by atoms with E-state index in [1.807, 2.05) is 0 Å². The maximum atomic E-state index is 16.3. The highest BCUT2D eigenvalue weighted by molar-refractivity contribution is 6.33. The van der Waals surface area contributed by atoms with E-state index in [-0.39, 0.29) is 52.7 Å². The van der Waals surface area contributed by atoms with E-state index in [0.717, 1.165) is 50.3 Å². The summed E-state index contributed by atoms with van der Waals surface area (Å²) in [6, 6.07) is 3.31. The van der Waals surface area contributed by atoms with Gasteiger partial charge in [0.15, 0.2) is 11.6 Å². The van der Waals surface area contributed by atoms with E-state index in [1.54, 1.807) is 25.1 Å². The number of likely N-dealkylation sites (tertiary alicyclic amines) is 1. The molecule has 2 aromatic heterocycles. The lowest BCUT2D eigenvalue weighted by molar-refractivity contribution is -0.0319. The van der Waals surface area contributed by atoms with Gasteiger partial charge in [0.05, 0.1) is 29.3 Å². The van der Waals surface area contributed by atoms with Crippen molar-refractivity contribution in [2.75, 3.05) is 54.9 Å². The molecule has 0 spiro atoms. The maximum Gasteiger partial charge on any atom is 0.267 e. The van der Waals surface area contributed by atoms with Crippen LogP contribution < -0.4 is 25.8 Å². The third kappa shape index (κ3) is 8.89. The molecule has 7 heterocycles. The van der Waals surface area contributed by atoms with E-state index >= 15 is 13.2 Å². The molecule has 0 radical (unpaired) electrons. The second-order valence-corrected chi connectivity index (χ2v) is 19.7. The number of benzene rings is 2. The topological polar surface area (TPSA) is 89.4 Å². The minimum absolute atomic E-state index is 0.0951. The zero-order chi connectivity index (χ0) is 46.8. The van der Waals surface area contributed by atoms with Gasteiger partial charge in [0, 0.05) is 91.4 Å². The zero-order valence-electron chi connectivity index (χ0n) is 38.3. The van der Waals surface area contributed by atoms with Crippen LogP contribution in [-0.2, 0) is 7.05 Å². The highest BCUT2D eigenvalue weighted by atomic mass is 35.5. The summed E-state index contributed by atoms with van der Waals surface area (Å²) in [4.78, 5) is 15.5. The summed E-state index contributed by atoms with van der Waals surface area (Å²) in [5.41, 5.74) is 5.65. The Morgan fingerprint density at radius 3 is 2.38 bits per heavy atom. The quantitative estimate of drug-likeness (QED) is 0.157. The molecule has 4 atom stereocenters. The van der Waals surface area contributed by atoms with E-state index in [4.69, 9.17) is 16.6 Å². The van der Waals surface area contributed by atoms with Gasteiger partial charge in [-0.2, -0.15) is 10.1 Å². The number of aryl methyl sites for hydroxylation is 1. The number of likely N-dealkylation sites (N-methyl/N-ethyl adjacent to an activating group) is 1. The van der Waals surface area contributed by atoms with E-state index in [1.165, 1.54) is 49.2 Å². The number of alkyl halides is 2. The lowest BCUT2D eigenvalue weighted by Crippen LogP contribution is -2.45. The molecule has 10 rings (SSSR count). The highest BCUT2D eigenvalue weighted by Crippen LogP contribution is 2.46. The monoisotopic (exact) mass is 930 g/mol. The number of nitrogens with zero attached hydrogens (tertiary/aromatic N) is 7. The first-order valence-corrected chi connectivity index (χ1v) is 23.8. The van der Waals surface area contributed by atoms with Gasteiger partial charge in [0.2, 0.25) is 5.95 Å². The van der Waals surface area contributed by atoms with Crippen LogP contribution in [0, 0.1) is 29.3 Å². The second kappa shape index (κ2) is 18.2. The van der Waals surface area contributed by atoms with Gasteiger partial charge >= 0.3 is 0 Å². The van der Waals surface area contributed by atoms with Crippen LogP contribution in [0.5, 0.6) is 0 Å². The molecule has 4 aromatic rings. The van der Waals surface area contributed by atoms with Crippen LogP contribution in [0.3, 0.4) is 0 Å². The van der Waals surface area contributed by atoms with Crippen LogP contribution in [0.15, 0.2) is 66.8 Å². The van der Waals surface area contributed by atoms with Crippen molar-refractivity contribution >= 4 is 51.3 Å². The molecule has 0 bridgehead atoms. The second-order valence-electron chi connectivity index (χ2n) is 19.3. The van der Waals surface area contributed by atoms with Gasteiger partial charge < -0.3 is 30.7 Å². The first kappa shape index (κ1) is 46.0. The van der Waals surface area contributed by atoms with Crippen molar-refractivity contribution in [3.63, 3.8) is 0 Å². The van der Waals surface area contributed by atoms with Crippen molar-refractivity contribution in [3.8, 4) is 0 Å². The zero-order valence-corrected chi connectivity index (χ0v) is 39.1. The Labute approximate surface area is 389 Å². The molecule has 5 aliphatic heterocycles. The number of nitrogens with one attached hydrogen (secondary N) is 3. The Morgan fingerprint density at radius 1 is 0.939 bits per heavy atom. The van der Waals surface area contributed by atoms with E-state index in [9.17, 15) is 8.78 Å². The van der Waals surface area contributed by atoms with E-state index in [0.29, 0.717) is 82.6 Å². The lowest BCUT2D eigenvalue weighted by atomic mass is 9.84. The predicted octanol–water partition coefficient (Wildman–Crippen LogP) is 11.3. The summed E-state index contributed by atoms with van der Waals surface area (Å²) in [7, 11) is 3.46. The standard InChI is InChI=1S/C47H54ClF5N10.C3H6/c1-24-22-63(46-54-21-35(48)45(58-46)57-38-19-33-39(20-36(38)49)60(6)27(4)32-10-14-47(52,53)28(5)56-42(32)33)17-13-30(24)23-62-15-11-29(12-16-62)40-37(50)18-34-43(59-61(7)44(34)41(40)51)31-9-8-25(2)55-26(31)3;1-2-3-1/h18-21,24,28-31,55-56H,2-4,8-17,22-23H2,1,5-7H3,(H,54,57,58);1-3H2. The summed E-state index contributed by atoms with van der Waals surface area (Å²) >= 11 is 6.59. The fourth-order valence-corrected chi connectivity index (χ4v) is 10.5. The minimum Gasteiger partial charge on any atom is -0.376 e. The van der Waals surface area contributed by atoms with Crippen LogP contribution in [-0.4, -0.2) is 76.4 Å². The van der Waals surface area contributed by atoms with Crippen molar-refractivity contribution in [2.24, 2.45) is 18.9 Å². The highest BCUT2D eigenvalue weighted by Gasteiger charge is 2.42. The first-order chi connectivity index (χ1) is 31.5. The molecule has 0 amide bonds. The molecule has 3 N–H and O–H groups in total. The molecule has 1 aliphatic carbocycles. The van der Waals surface area contributed by atoms with Gasteiger partial charge in [-0.05, 0) is 94.0 Å². The van der Waals surface area contributed by atoms with E-state index < -0.39 is 29.4 Å². The number of hydrogen-bond acceptors (Lipinski definition) is 9. The van der Waals surface area contributed by atoms with Crippen LogP contribution in [0.1, 0.15) is 107 Å². The molecular weight excluding hydrogens is 871 g/mol. The predicted molar refractivity (Wildman–Crippen MR) is 254 cm³/mol. The summed E-state index contributed by atoms with van der Waals surface area (Å²) < 4.78 is 79.3. The number of halogens is 6. The summed E-state index contributed by atoms with van der Waals surface area (Å²) in [5, 5.41) is 14.6. The molecule has 4 unspecified atom stereocenters. The molecule has 66 heavy (non-hydrogen) atoms. The van der Waals surface area contributed by atoms with Gasteiger partial charge in [0.25, 0.3) is 5.92 Å². The summed E-state index contributed by atoms with van der Waals surface area (Å²) in [6.45, 7) is 19.7. The molecule has 10 nitrogen and oxygen atoms in total. The average Bonchev–Trinajstić information content (AvgIpc) is 4.14. The SMILES string of the molecule is C1CC1.C=C1CCC(c2nn(C)c3c(F)c(C4CCN(CC5CCN(c6ncc(Cl)c(Nc7cc8c(cc7F)N(C)C(=C)C7=C8NC(C)C(F)(F)CC7)n6)CC5C)CC4)c(F)cc23)C(=C)N1. The number of piperidine rings is 3. The van der Waals surface area contributed by atoms with Crippen molar-refractivity contribution in [1.29, 1.82) is 0 Å². The normalized spacial score (nSPS) is 24.5. The first-order valence-electron chi connectivity index (χ1n) is 23.4. The third-order valence-electron chi connectivity index (χ3n) is 14.6. The van der Waals surface area contributed by atoms with Crippen LogP contribution in [0.25, 0.3) is 16.6 Å². The maximum absolute atomic E-state index is 16.3. The van der Waals surface area contributed by atoms with Crippen molar-refractivity contribution < 1.29 is 22.0 Å². The number of fused-ring (bicyclic) bond motifs is 3. The fraction of sp³-hybridized carbons (Fsp3) is 0.500. The summed E-state index contributed by atoms with van der Waals surface area (Å²) in [6.07, 6.45) is 9.45. The Kier molecular flexibility index (Phi) is 12.6. The number of hydrogen-bond donors (Lipinski definition) is 3. The van der Waals surface area contributed by atoms with Crippen molar-refractivity contribution in [1.82, 2.24) is 35.3 Å². The number of anilines is 4. The van der Waals surface area contributed by atoms with Crippen molar-refractivity contribution in [3.05, 3.63) is 106 Å².